The quantitative estimate of drug-likeness (QED) is 0.755. The van der Waals surface area contributed by atoms with Crippen LogP contribution in [0.25, 0.3) is 0 Å². The molecule has 0 aliphatic rings. The fourth-order valence-electron chi connectivity index (χ4n) is 1.28. The van der Waals surface area contributed by atoms with Crippen LogP contribution in [0.1, 0.15) is 27.7 Å². The normalized spacial score (nSPS) is 14.3. The lowest BCUT2D eigenvalue weighted by atomic mass is 10.2. The van der Waals surface area contributed by atoms with Crippen LogP contribution in [0.4, 0.5) is 0 Å². The SMILES string of the molecule is C[C@@H](COc1ncc(Br)cn1)O[Si](C)(C)C(C)(C)C. The molecule has 0 aliphatic heterocycles. The monoisotopic (exact) mass is 346 g/mol. The van der Waals surface area contributed by atoms with E-state index in [2.05, 4.69) is 59.8 Å². The molecule has 1 atom stereocenters. The molecule has 1 aromatic rings. The highest BCUT2D eigenvalue weighted by Gasteiger charge is 2.38. The number of hydrogen-bond donors (Lipinski definition) is 0. The molecule has 19 heavy (non-hydrogen) atoms. The van der Waals surface area contributed by atoms with Crippen LogP contribution in [0.2, 0.25) is 18.1 Å². The zero-order valence-corrected chi connectivity index (χ0v) is 15.1. The average molecular weight is 347 g/mol. The summed E-state index contributed by atoms with van der Waals surface area (Å²) < 4.78 is 12.6. The molecule has 1 aromatic heterocycles. The Labute approximate surface area is 125 Å². The summed E-state index contributed by atoms with van der Waals surface area (Å²) in [6, 6.07) is 0.383. The summed E-state index contributed by atoms with van der Waals surface area (Å²) in [6.45, 7) is 13.6. The molecule has 0 unspecified atom stereocenters. The topological polar surface area (TPSA) is 44.2 Å². The second-order valence-electron chi connectivity index (χ2n) is 6.18. The van der Waals surface area contributed by atoms with E-state index in [1.165, 1.54) is 0 Å². The third kappa shape index (κ3) is 5.20. The van der Waals surface area contributed by atoms with Gasteiger partial charge >= 0.3 is 6.01 Å². The minimum absolute atomic E-state index is 0.0353. The van der Waals surface area contributed by atoms with Crippen molar-refractivity contribution in [1.29, 1.82) is 0 Å². The summed E-state index contributed by atoms with van der Waals surface area (Å²) >= 11 is 3.29. The number of ether oxygens (including phenoxy) is 1. The highest BCUT2D eigenvalue weighted by Crippen LogP contribution is 2.37. The summed E-state index contributed by atoms with van der Waals surface area (Å²) in [5, 5.41) is 0.204. The number of rotatable bonds is 5. The number of hydrogen-bond acceptors (Lipinski definition) is 4. The van der Waals surface area contributed by atoms with Gasteiger partial charge in [0.1, 0.15) is 6.61 Å². The molecule has 0 saturated heterocycles. The summed E-state index contributed by atoms with van der Waals surface area (Å²) in [7, 11) is -1.74. The maximum atomic E-state index is 6.20. The van der Waals surface area contributed by atoms with Gasteiger partial charge in [0.05, 0.1) is 10.6 Å². The van der Waals surface area contributed by atoms with Crippen molar-refractivity contribution in [2.75, 3.05) is 6.61 Å². The largest absolute Gasteiger partial charge is 0.461 e. The predicted molar refractivity (Wildman–Crippen MR) is 83.0 cm³/mol. The summed E-state index contributed by atoms with van der Waals surface area (Å²) in [5.41, 5.74) is 0. The molecular formula is C13H23BrN2O2Si. The van der Waals surface area contributed by atoms with Gasteiger partial charge in [-0.25, -0.2) is 9.97 Å². The fourth-order valence-corrected chi connectivity index (χ4v) is 2.91. The molecule has 108 valence electrons. The lowest BCUT2D eigenvalue weighted by Gasteiger charge is -2.38. The van der Waals surface area contributed by atoms with Gasteiger partial charge in [0.25, 0.3) is 0 Å². The van der Waals surface area contributed by atoms with Crippen LogP contribution in [0.5, 0.6) is 6.01 Å². The van der Waals surface area contributed by atoms with Crippen molar-refractivity contribution in [2.45, 2.75) is 51.9 Å². The zero-order chi connectivity index (χ0) is 14.7. The van der Waals surface area contributed by atoms with Crippen molar-refractivity contribution in [3.05, 3.63) is 16.9 Å². The molecule has 0 aliphatic carbocycles. The van der Waals surface area contributed by atoms with Crippen LogP contribution in [0.3, 0.4) is 0 Å². The molecule has 6 heteroatoms. The molecule has 1 heterocycles. The molecule has 4 nitrogen and oxygen atoms in total. The number of halogens is 1. The van der Waals surface area contributed by atoms with Crippen molar-refractivity contribution in [2.24, 2.45) is 0 Å². The van der Waals surface area contributed by atoms with E-state index >= 15 is 0 Å². The van der Waals surface area contributed by atoms with Gasteiger partial charge in [0.15, 0.2) is 8.32 Å². The van der Waals surface area contributed by atoms with Crippen molar-refractivity contribution < 1.29 is 9.16 Å². The van der Waals surface area contributed by atoms with Crippen LogP contribution >= 0.6 is 15.9 Å². The van der Waals surface area contributed by atoms with Gasteiger partial charge in [0, 0.05) is 12.4 Å². The lowest BCUT2D eigenvalue weighted by Crippen LogP contribution is -2.44. The van der Waals surface area contributed by atoms with E-state index in [1.807, 2.05) is 6.92 Å². The smallest absolute Gasteiger partial charge is 0.316 e. The fraction of sp³-hybridized carbons (Fsp3) is 0.692. The molecule has 0 radical (unpaired) electrons. The van der Waals surface area contributed by atoms with E-state index < -0.39 is 8.32 Å². The molecule has 0 fully saturated rings. The van der Waals surface area contributed by atoms with Crippen LogP contribution in [-0.2, 0) is 4.43 Å². The van der Waals surface area contributed by atoms with Gasteiger partial charge in [0.2, 0.25) is 0 Å². The van der Waals surface area contributed by atoms with Gasteiger partial charge in [-0.1, -0.05) is 20.8 Å². The van der Waals surface area contributed by atoms with E-state index in [-0.39, 0.29) is 11.1 Å². The highest BCUT2D eigenvalue weighted by molar-refractivity contribution is 9.10. The Morgan fingerprint density at radius 1 is 1.26 bits per heavy atom. The third-order valence-electron chi connectivity index (χ3n) is 3.35. The molecular weight excluding hydrogens is 324 g/mol. The molecule has 1 rings (SSSR count). The molecule has 0 N–H and O–H groups in total. The van der Waals surface area contributed by atoms with E-state index in [0.29, 0.717) is 12.6 Å². The zero-order valence-electron chi connectivity index (χ0n) is 12.5. The predicted octanol–water partition coefficient (Wildman–Crippen LogP) is 4.03. The maximum absolute atomic E-state index is 6.20. The minimum Gasteiger partial charge on any atom is -0.461 e. The van der Waals surface area contributed by atoms with Crippen LogP contribution in [-0.4, -0.2) is 31.0 Å². The Bertz CT molecular complexity index is 404. The van der Waals surface area contributed by atoms with E-state index in [0.717, 1.165) is 4.47 Å². The molecule has 0 spiro atoms. The Morgan fingerprint density at radius 2 is 1.79 bits per heavy atom. The molecule has 0 aromatic carbocycles. The van der Waals surface area contributed by atoms with Crippen LogP contribution in [0.15, 0.2) is 16.9 Å². The summed E-state index contributed by atoms with van der Waals surface area (Å²) in [6.07, 6.45) is 3.37. The summed E-state index contributed by atoms with van der Waals surface area (Å²) in [5.74, 6) is 0. The molecule has 0 saturated carbocycles. The second kappa shape index (κ2) is 6.32. The van der Waals surface area contributed by atoms with E-state index in [9.17, 15) is 0 Å². The first kappa shape index (κ1) is 16.6. The second-order valence-corrected chi connectivity index (χ2v) is 11.9. The molecule has 0 amide bonds. The van der Waals surface area contributed by atoms with Crippen LogP contribution in [0, 0.1) is 0 Å². The van der Waals surface area contributed by atoms with Gasteiger partial charge in [-0.3, -0.25) is 0 Å². The first-order valence-corrected chi connectivity index (χ1v) is 10.1. The number of aromatic nitrogens is 2. The Hall–Kier alpha value is -0.463. The Kier molecular flexibility index (Phi) is 5.52. The summed E-state index contributed by atoms with van der Waals surface area (Å²) in [4.78, 5) is 8.14. The van der Waals surface area contributed by atoms with Crippen molar-refractivity contribution in [1.82, 2.24) is 9.97 Å². The third-order valence-corrected chi connectivity index (χ3v) is 8.36. The first-order chi connectivity index (χ1) is 8.62. The molecule has 0 bridgehead atoms. The van der Waals surface area contributed by atoms with Gasteiger partial charge in [-0.15, -0.1) is 0 Å². The van der Waals surface area contributed by atoms with Crippen LogP contribution < -0.4 is 4.74 Å². The van der Waals surface area contributed by atoms with Crippen molar-refractivity contribution >= 4 is 24.2 Å². The van der Waals surface area contributed by atoms with E-state index in [4.69, 9.17) is 9.16 Å². The Morgan fingerprint density at radius 3 is 2.26 bits per heavy atom. The Balaban J connectivity index is 2.48. The van der Waals surface area contributed by atoms with E-state index in [1.54, 1.807) is 12.4 Å². The van der Waals surface area contributed by atoms with Gasteiger partial charge in [-0.05, 0) is 41.0 Å². The lowest BCUT2D eigenvalue weighted by molar-refractivity contribution is 0.123. The first-order valence-electron chi connectivity index (χ1n) is 6.40. The standard InChI is InChI=1S/C13H23BrN2O2Si/c1-10(18-19(5,6)13(2,3)4)9-17-12-15-7-11(14)8-16-12/h7-8,10H,9H2,1-6H3/t10-/m0/s1. The number of nitrogens with zero attached hydrogens (tertiary/aromatic N) is 2. The van der Waals surface area contributed by atoms with Gasteiger partial charge in [-0.2, -0.15) is 0 Å². The highest BCUT2D eigenvalue weighted by atomic mass is 79.9. The van der Waals surface area contributed by atoms with Gasteiger partial charge < -0.3 is 9.16 Å². The van der Waals surface area contributed by atoms with Crippen molar-refractivity contribution in [3.8, 4) is 6.01 Å². The minimum atomic E-state index is -1.74. The maximum Gasteiger partial charge on any atom is 0.316 e. The average Bonchev–Trinajstić information content (AvgIpc) is 2.26. The van der Waals surface area contributed by atoms with Crippen molar-refractivity contribution in [3.63, 3.8) is 0 Å².